The molecule has 0 bridgehead atoms. The molecule has 7 heteroatoms. The summed E-state index contributed by atoms with van der Waals surface area (Å²) in [4.78, 5) is 24.2. The maximum Gasteiger partial charge on any atom is 0.326 e. The summed E-state index contributed by atoms with van der Waals surface area (Å²) in [6.07, 6.45) is 4.73. The molecule has 0 aliphatic carbocycles. The van der Waals surface area contributed by atoms with E-state index in [1.165, 1.54) is 4.90 Å². The fraction of sp³-hybridized carbons (Fsp3) is 0.545. The number of urea groups is 1. The number of hydrogen-bond acceptors (Lipinski definition) is 3. The number of hydrogen-bond donors (Lipinski definition) is 2. The average molecular weight is 252 g/mol. The SMILES string of the molecule is Cn1cc(CNC(=O)N2CCC[C@H]2C(=O)O)cn1. The Morgan fingerprint density at radius 2 is 2.39 bits per heavy atom. The zero-order valence-electron chi connectivity index (χ0n) is 10.2. The first-order chi connectivity index (χ1) is 8.58. The van der Waals surface area contributed by atoms with Crippen molar-refractivity contribution < 1.29 is 14.7 Å². The molecule has 0 unspecified atom stereocenters. The minimum atomic E-state index is -0.941. The third-order valence-corrected chi connectivity index (χ3v) is 3.00. The Balaban J connectivity index is 1.89. The van der Waals surface area contributed by atoms with Crippen LogP contribution in [-0.4, -0.2) is 44.4 Å². The van der Waals surface area contributed by atoms with Gasteiger partial charge in [-0.1, -0.05) is 0 Å². The van der Waals surface area contributed by atoms with Gasteiger partial charge in [0.1, 0.15) is 6.04 Å². The Kier molecular flexibility index (Phi) is 3.50. The van der Waals surface area contributed by atoms with E-state index in [9.17, 15) is 9.59 Å². The summed E-state index contributed by atoms with van der Waals surface area (Å²) in [5.74, 6) is -0.941. The van der Waals surface area contributed by atoms with Crippen LogP contribution in [0.15, 0.2) is 12.4 Å². The summed E-state index contributed by atoms with van der Waals surface area (Å²) in [5, 5.41) is 15.7. The molecule has 1 aliphatic rings. The quantitative estimate of drug-likeness (QED) is 0.803. The monoisotopic (exact) mass is 252 g/mol. The molecule has 2 heterocycles. The summed E-state index contributed by atoms with van der Waals surface area (Å²) in [6, 6.07) is -1.03. The Labute approximate surface area is 104 Å². The molecule has 1 aromatic heterocycles. The number of carboxylic acid groups (broad SMARTS) is 1. The van der Waals surface area contributed by atoms with Crippen LogP contribution in [0, 0.1) is 0 Å². The van der Waals surface area contributed by atoms with Crippen molar-refractivity contribution in [3.05, 3.63) is 18.0 Å². The lowest BCUT2D eigenvalue weighted by atomic mass is 10.2. The molecule has 98 valence electrons. The molecule has 0 spiro atoms. The molecule has 2 rings (SSSR count). The largest absolute Gasteiger partial charge is 0.480 e. The van der Waals surface area contributed by atoms with Gasteiger partial charge in [-0.25, -0.2) is 9.59 Å². The molecule has 2 amide bonds. The van der Waals surface area contributed by atoms with Gasteiger partial charge in [-0.05, 0) is 12.8 Å². The van der Waals surface area contributed by atoms with E-state index in [4.69, 9.17) is 5.11 Å². The standard InChI is InChI=1S/C11H16N4O3/c1-14-7-8(6-13-14)5-12-11(18)15-4-2-3-9(15)10(16)17/h6-7,9H,2-5H2,1H3,(H,12,18)(H,16,17)/t9-/m0/s1. The number of nitrogens with zero attached hydrogens (tertiary/aromatic N) is 3. The first kappa shape index (κ1) is 12.4. The number of carboxylic acids is 1. The maximum atomic E-state index is 11.9. The van der Waals surface area contributed by atoms with Crippen LogP contribution < -0.4 is 5.32 Å². The van der Waals surface area contributed by atoms with Crippen molar-refractivity contribution in [2.24, 2.45) is 7.05 Å². The van der Waals surface area contributed by atoms with Crippen LogP contribution >= 0.6 is 0 Å². The Hall–Kier alpha value is -2.05. The van der Waals surface area contributed by atoms with Crippen molar-refractivity contribution in [3.8, 4) is 0 Å². The third-order valence-electron chi connectivity index (χ3n) is 3.00. The Bertz CT molecular complexity index is 457. The summed E-state index contributed by atoms with van der Waals surface area (Å²) < 4.78 is 1.65. The highest BCUT2D eigenvalue weighted by Gasteiger charge is 2.33. The van der Waals surface area contributed by atoms with Crippen LogP contribution in [-0.2, 0) is 18.4 Å². The molecule has 0 radical (unpaired) electrons. The van der Waals surface area contributed by atoms with Crippen LogP contribution in [0.5, 0.6) is 0 Å². The average Bonchev–Trinajstić information content (AvgIpc) is 2.94. The van der Waals surface area contributed by atoms with Gasteiger partial charge in [-0.2, -0.15) is 5.10 Å². The molecular formula is C11H16N4O3. The molecule has 2 N–H and O–H groups in total. The number of aliphatic carboxylic acids is 1. The first-order valence-electron chi connectivity index (χ1n) is 5.82. The van der Waals surface area contributed by atoms with Gasteiger partial charge in [0.05, 0.1) is 6.20 Å². The van der Waals surface area contributed by atoms with Crippen molar-refractivity contribution in [1.82, 2.24) is 20.0 Å². The van der Waals surface area contributed by atoms with Gasteiger partial charge in [0, 0.05) is 31.9 Å². The highest BCUT2D eigenvalue weighted by Crippen LogP contribution is 2.17. The topological polar surface area (TPSA) is 87.5 Å². The normalized spacial score (nSPS) is 18.9. The molecular weight excluding hydrogens is 236 g/mol. The van der Waals surface area contributed by atoms with Gasteiger partial charge in [-0.15, -0.1) is 0 Å². The minimum Gasteiger partial charge on any atom is -0.480 e. The highest BCUT2D eigenvalue weighted by atomic mass is 16.4. The maximum absolute atomic E-state index is 11.9. The van der Waals surface area contributed by atoms with E-state index in [1.54, 1.807) is 24.1 Å². The highest BCUT2D eigenvalue weighted by molar-refractivity contribution is 5.83. The smallest absolute Gasteiger partial charge is 0.326 e. The second kappa shape index (κ2) is 5.07. The lowest BCUT2D eigenvalue weighted by Gasteiger charge is -2.21. The molecule has 1 aliphatic heterocycles. The van der Waals surface area contributed by atoms with Crippen LogP contribution in [0.4, 0.5) is 4.79 Å². The first-order valence-corrected chi connectivity index (χ1v) is 5.82. The van der Waals surface area contributed by atoms with Gasteiger partial charge in [0.2, 0.25) is 0 Å². The molecule has 7 nitrogen and oxygen atoms in total. The lowest BCUT2D eigenvalue weighted by Crippen LogP contribution is -2.45. The van der Waals surface area contributed by atoms with Crippen LogP contribution in [0.3, 0.4) is 0 Å². The Morgan fingerprint density at radius 3 is 3.00 bits per heavy atom. The van der Waals surface area contributed by atoms with E-state index in [0.29, 0.717) is 19.5 Å². The third kappa shape index (κ3) is 2.61. The van der Waals surface area contributed by atoms with Gasteiger partial charge >= 0.3 is 12.0 Å². The van der Waals surface area contributed by atoms with Crippen molar-refractivity contribution in [1.29, 1.82) is 0 Å². The summed E-state index contributed by atoms with van der Waals surface area (Å²) >= 11 is 0. The van der Waals surface area contributed by atoms with Gasteiger partial charge < -0.3 is 15.3 Å². The number of aryl methyl sites for hydroxylation is 1. The predicted molar refractivity (Wildman–Crippen MR) is 62.8 cm³/mol. The minimum absolute atomic E-state index is 0.330. The second-order valence-electron chi connectivity index (χ2n) is 4.37. The van der Waals surface area contributed by atoms with Crippen LogP contribution in [0.1, 0.15) is 18.4 Å². The Morgan fingerprint density at radius 1 is 1.61 bits per heavy atom. The fourth-order valence-corrected chi connectivity index (χ4v) is 2.11. The number of carbonyl (C=O) groups is 2. The van der Waals surface area contributed by atoms with E-state index >= 15 is 0 Å². The summed E-state index contributed by atoms with van der Waals surface area (Å²) in [5.41, 5.74) is 0.886. The molecule has 1 saturated heterocycles. The molecule has 0 saturated carbocycles. The van der Waals surface area contributed by atoms with E-state index in [2.05, 4.69) is 10.4 Å². The predicted octanol–water partition coefficient (Wildman–Crippen LogP) is 0.179. The van der Waals surface area contributed by atoms with E-state index < -0.39 is 12.0 Å². The molecule has 0 aromatic carbocycles. The van der Waals surface area contributed by atoms with Gasteiger partial charge in [0.25, 0.3) is 0 Å². The zero-order valence-corrected chi connectivity index (χ0v) is 10.2. The lowest BCUT2D eigenvalue weighted by molar-refractivity contribution is -0.141. The number of amides is 2. The second-order valence-corrected chi connectivity index (χ2v) is 4.37. The number of carbonyl (C=O) groups excluding carboxylic acids is 1. The van der Waals surface area contributed by atoms with E-state index in [-0.39, 0.29) is 6.03 Å². The number of likely N-dealkylation sites (tertiary alicyclic amines) is 1. The zero-order chi connectivity index (χ0) is 13.1. The molecule has 1 aromatic rings. The van der Waals surface area contributed by atoms with Crippen molar-refractivity contribution in [3.63, 3.8) is 0 Å². The van der Waals surface area contributed by atoms with E-state index in [1.807, 2.05) is 0 Å². The summed E-state index contributed by atoms with van der Waals surface area (Å²) in [7, 11) is 1.80. The van der Waals surface area contributed by atoms with Gasteiger partial charge in [0.15, 0.2) is 0 Å². The van der Waals surface area contributed by atoms with Crippen molar-refractivity contribution >= 4 is 12.0 Å². The van der Waals surface area contributed by atoms with Crippen LogP contribution in [0.2, 0.25) is 0 Å². The van der Waals surface area contributed by atoms with E-state index in [0.717, 1.165) is 12.0 Å². The molecule has 1 fully saturated rings. The fourth-order valence-electron chi connectivity index (χ4n) is 2.11. The number of aromatic nitrogens is 2. The van der Waals surface area contributed by atoms with Gasteiger partial charge in [-0.3, -0.25) is 4.68 Å². The number of nitrogens with one attached hydrogen (secondary N) is 1. The van der Waals surface area contributed by atoms with Crippen LogP contribution in [0.25, 0.3) is 0 Å². The van der Waals surface area contributed by atoms with Crippen molar-refractivity contribution in [2.45, 2.75) is 25.4 Å². The molecule has 1 atom stereocenters. The summed E-state index contributed by atoms with van der Waals surface area (Å²) in [6.45, 7) is 0.853. The molecule has 18 heavy (non-hydrogen) atoms. The van der Waals surface area contributed by atoms with Crippen molar-refractivity contribution in [2.75, 3.05) is 6.54 Å². The number of rotatable bonds is 3.